The molecule has 0 atom stereocenters. The molecule has 1 aromatic heterocycles. The number of aromatic amines is 1. The first-order chi connectivity index (χ1) is 15.1. The van der Waals surface area contributed by atoms with E-state index >= 15 is 0 Å². The van der Waals surface area contributed by atoms with E-state index in [2.05, 4.69) is 4.98 Å². The van der Waals surface area contributed by atoms with Gasteiger partial charge in [0, 0.05) is 39.3 Å². The minimum absolute atomic E-state index is 0.133. The third-order valence-electron chi connectivity index (χ3n) is 5.09. The number of ether oxygens (including phenoxy) is 2. The van der Waals surface area contributed by atoms with Crippen LogP contribution in [0.15, 0.2) is 78.7 Å². The second kappa shape index (κ2) is 7.78. The second-order valence-electron chi connectivity index (χ2n) is 7.11. The number of fused-ring (bicyclic) bond motifs is 2. The van der Waals surface area contributed by atoms with Crippen molar-refractivity contribution >= 4 is 40.1 Å². The van der Waals surface area contributed by atoms with E-state index in [0.29, 0.717) is 27.6 Å². The third kappa shape index (κ3) is 3.71. The van der Waals surface area contributed by atoms with Crippen LogP contribution in [0.5, 0.6) is 11.5 Å². The molecule has 1 N–H and O–H groups in total. The summed E-state index contributed by atoms with van der Waals surface area (Å²) in [4.78, 5) is 28.2. The van der Waals surface area contributed by atoms with Crippen molar-refractivity contribution < 1.29 is 19.1 Å². The van der Waals surface area contributed by atoms with Crippen molar-refractivity contribution in [3.05, 3.63) is 100 Å². The Kier molecular flexibility index (Phi) is 4.81. The van der Waals surface area contributed by atoms with Crippen molar-refractivity contribution in [1.82, 2.24) is 4.98 Å². The second-order valence-corrected chi connectivity index (χ2v) is 7.54. The first-order valence-electron chi connectivity index (χ1n) is 9.64. The van der Waals surface area contributed by atoms with E-state index in [1.165, 1.54) is 0 Å². The average molecular weight is 430 g/mol. The number of Topliss-reactive ketones (excluding diaryl/α,β-unsaturated/α-hetero) is 2. The van der Waals surface area contributed by atoms with Crippen molar-refractivity contribution in [3.8, 4) is 11.5 Å². The van der Waals surface area contributed by atoms with Gasteiger partial charge in [-0.25, -0.2) is 0 Å². The normalized spacial score (nSPS) is 14.0. The number of benzene rings is 3. The predicted molar refractivity (Wildman–Crippen MR) is 119 cm³/mol. The summed E-state index contributed by atoms with van der Waals surface area (Å²) in [6.07, 6.45) is 3.57. The highest BCUT2D eigenvalue weighted by atomic mass is 35.5. The van der Waals surface area contributed by atoms with Crippen molar-refractivity contribution in [2.75, 3.05) is 6.61 Å². The molecule has 31 heavy (non-hydrogen) atoms. The van der Waals surface area contributed by atoms with Crippen LogP contribution in [0.1, 0.15) is 26.3 Å². The molecule has 6 heteroatoms. The van der Waals surface area contributed by atoms with E-state index in [0.717, 1.165) is 16.5 Å². The lowest BCUT2D eigenvalue weighted by Crippen LogP contribution is -2.11. The highest BCUT2D eigenvalue weighted by Crippen LogP contribution is 2.35. The smallest absolute Gasteiger partial charge is 0.231 e. The molecule has 0 unspecified atom stereocenters. The molecule has 5 nitrogen and oxygen atoms in total. The number of carbonyl (C=O) groups is 2. The van der Waals surface area contributed by atoms with Gasteiger partial charge < -0.3 is 14.5 Å². The van der Waals surface area contributed by atoms with Crippen LogP contribution in [0.4, 0.5) is 0 Å². The molecule has 3 aromatic carbocycles. The van der Waals surface area contributed by atoms with Gasteiger partial charge in [0.1, 0.15) is 11.5 Å². The number of ketones is 2. The number of para-hydroxylation sites is 1. The van der Waals surface area contributed by atoms with Gasteiger partial charge in [0.2, 0.25) is 5.78 Å². The molecular weight excluding hydrogens is 414 g/mol. The number of rotatable bonds is 5. The summed E-state index contributed by atoms with van der Waals surface area (Å²) < 4.78 is 11.4. The first kappa shape index (κ1) is 19.2. The summed E-state index contributed by atoms with van der Waals surface area (Å²) in [5.41, 5.74) is 2.83. The molecule has 2 heterocycles. The lowest BCUT2D eigenvalue weighted by Gasteiger charge is -2.07. The van der Waals surface area contributed by atoms with Gasteiger partial charge in [-0.1, -0.05) is 29.8 Å². The monoisotopic (exact) mass is 429 g/mol. The molecule has 152 valence electrons. The Hall–Kier alpha value is -3.83. The Morgan fingerprint density at radius 3 is 2.71 bits per heavy atom. The maximum Gasteiger partial charge on any atom is 0.231 e. The Morgan fingerprint density at radius 1 is 1.06 bits per heavy atom. The third-order valence-corrected chi connectivity index (χ3v) is 5.34. The van der Waals surface area contributed by atoms with Gasteiger partial charge in [-0.3, -0.25) is 9.59 Å². The zero-order valence-corrected chi connectivity index (χ0v) is 17.0. The van der Waals surface area contributed by atoms with Crippen LogP contribution >= 0.6 is 11.6 Å². The highest BCUT2D eigenvalue weighted by molar-refractivity contribution is 6.30. The van der Waals surface area contributed by atoms with E-state index in [4.69, 9.17) is 21.1 Å². The lowest BCUT2D eigenvalue weighted by molar-refractivity contribution is 0.0921. The van der Waals surface area contributed by atoms with Crippen LogP contribution in [0, 0.1) is 0 Å². The summed E-state index contributed by atoms with van der Waals surface area (Å²) >= 11 is 5.85. The first-order valence-corrected chi connectivity index (χ1v) is 10.0. The average Bonchev–Trinajstić information content (AvgIpc) is 3.33. The van der Waals surface area contributed by atoms with E-state index < -0.39 is 0 Å². The van der Waals surface area contributed by atoms with Gasteiger partial charge in [-0.15, -0.1) is 0 Å². The fourth-order valence-electron chi connectivity index (χ4n) is 3.48. The summed E-state index contributed by atoms with van der Waals surface area (Å²) in [5.74, 6) is 0.738. The van der Waals surface area contributed by atoms with E-state index in [9.17, 15) is 9.59 Å². The number of hydrogen-bond donors (Lipinski definition) is 1. The van der Waals surface area contributed by atoms with Gasteiger partial charge in [0.15, 0.2) is 18.1 Å². The Labute approximate surface area is 182 Å². The topological polar surface area (TPSA) is 68.4 Å². The summed E-state index contributed by atoms with van der Waals surface area (Å²) in [6, 6.07) is 19.4. The maximum atomic E-state index is 12.7. The number of allylic oxidation sites excluding steroid dienone is 1. The molecule has 1 aliphatic heterocycles. The molecule has 0 radical (unpaired) electrons. The molecule has 0 saturated heterocycles. The number of hydrogen-bond acceptors (Lipinski definition) is 4. The van der Waals surface area contributed by atoms with E-state index in [-0.39, 0.29) is 23.9 Å². The summed E-state index contributed by atoms with van der Waals surface area (Å²) in [5, 5.41) is 1.57. The van der Waals surface area contributed by atoms with Gasteiger partial charge in [0.05, 0.1) is 5.56 Å². The highest BCUT2D eigenvalue weighted by Gasteiger charge is 2.28. The molecular formula is C25H16ClNO4. The fourth-order valence-corrected chi connectivity index (χ4v) is 3.61. The van der Waals surface area contributed by atoms with E-state index in [1.54, 1.807) is 48.5 Å². The van der Waals surface area contributed by atoms with Gasteiger partial charge in [0.25, 0.3) is 0 Å². The molecule has 0 saturated carbocycles. The zero-order chi connectivity index (χ0) is 21.4. The molecule has 0 amide bonds. The molecule has 0 fully saturated rings. The van der Waals surface area contributed by atoms with Crippen LogP contribution < -0.4 is 9.47 Å². The minimum atomic E-state index is -0.191. The summed E-state index contributed by atoms with van der Waals surface area (Å²) in [7, 11) is 0. The Morgan fingerprint density at radius 2 is 1.87 bits per heavy atom. The van der Waals surface area contributed by atoms with Gasteiger partial charge in [-0.2, -0.15) is 0 Å². The zero-order valence-electron chi connectivity index (χ0n) is 16.2. The number of aromatic nitrogens is 1. The molecule has 1 aliphatic rings. The molecule has 0 aliphatic carbocycles. The Bertz CT molecular complexity index is 1350. The van der Waals surface area contributed by atoms with Gasteiger partial charge in [-0.05, 0) is 48.5 Å². The number of halogens is 1. The summed E-state index contributed by atoms with van der Waals surface area (Å²) in [6.45, 7) is -0.133. The minimum Gasteiger partial charge on any atom is -0.485 e. The van der Waals surface area contributed by atoms with Crippen molar-refractivity contribution in [2.45, 2.75) is 0 Å². The largest absolute Gasteiger partial charge is 0.485 e. The van der Waals surface area contributed by atoms with Gasteiger partial charge >= 0.3 is 0 Å². The molecule has 5 rings (SSSR count). The lowest BCUT2D eigenvalue weighted by atomic mass is 10.1. The number of H-pyrrole nitrogens is 1. The quantitative estimate of drug-likeness (QED) is 0.326. The fraction of sp³-hybridized carbons (Fsp3) is 0.0400. The Balaban J connectivity index is 1.33. The number of nitrogens with one attached hydrogen (secondary N) is 1. The maximum absolute atomic E-state index is 12.7. The van der Waals surface area contributed by atoms with Crippen LogP contribution in [0.25, 0.3) is 17.0 Å². The SMILES string of the molecule is O=C(COc1ccc2c(c1)OC(=Cc1c[nH]c3ccccc13)C2=O)c1ccc(Cl)cc1. The van der Waals surface area contributed by atoms with Crippen LogP contribution in [0.2, 0.25) is 5.02 Å². The molecule has 0 bridgehead atoms. The van der Waals surface area contributed by atoms with Crippen LogP contribution in [-0.4, -0.2) is 23.2 Å². The molecule has 4 aromatic rings. The molecule has 0 spiro atoms. The van der Waals surface area contributed by atoms with Crippen molar-refractivity contribution in [3.63, 3.8) is 0 Å². The standard InChI is InChI=1S/C25H16ClNO4/c26-17-7-5-15(6-8-17)22(28)14-30-18-9-10-20-23(12-18)31-24(25(20)29)11-16-13-27-21-4-2-1-3-19(16)21/h1-13,27H,14H2. The van der Waals surface area contributed by atoms with Crippen molar-refractivity contribution in [1.29, 1.82) is 0 Å². The van der Waals surface area contributed by atoms with Crippen LogP contribution in [0.3, 0.4) is 0 Å². The van der Waals surface area contributed by atoms with Crippen LogP contribution in [-0.2, 0) is 0 Å². The number of carbonyl (C=O) groups excluding carboxylic acids is 2. The van der Waals surface area contributed by atoms with E-state index in [1.807, 2.05) is 30.5 Å². The predicted octanol–water partition coefficient (Wildman–Crippen LogP) is 5.70. The van der Waals surface area contributed by atoms with Crippen molar-refractivity contribution in [2.24, 2.45) is 0 Å².